The van der Waals surface area contributed by atoms with Gasteiger partial charge in [0, 0.05) is 0 Å². The Bertz CT molecular complexity index is 477. The Morgan fingerprint density at radius 1 is 1.14 bits per heavy atom. The lowest BCUT2D eigenvalue weighted by atomic mass is 9.70. The van der Waals surface area contributed by atoms with Crippen molar-refractivity contribution >= 4 is 28.6 Å². The van der Waals surface area contributed by atoms with Crippen molar-refractivity contribution in [2.45, 2.75) is 51.4 Å². The van der Waals surface area contributed by atoms with Crippen LogP contribution in [0.15, 0.2) is 10.2 Å². The van der Waals surface area contributed by atoms with Gasteiger partial charge in [-0.2, -0.15) is 0 Å². The van der Waals surface area contributed by atoms with E-state index in [1.165, 1.54) is 32.1 Å². The second kappa shape index (κ2) is 5.22. The standard InChI is InChI=1S/C17H23IO3/c1-8(18)17(19)21-9(2)20-14-7-12-6-13(14)16-11-4-3-10(5-11)15(12)16/h9-16H,1,3-7H2,2H3. The second-order valence-corrected chi connectivity index (χ2v) is 8.74. The van der Waals surface area contributed by atoms with Crippen LogP contribution in [-0.4, -0.2) is 18.4 Å². The maximum atomic E-state index is 11.6. The summed E-state index contributed by atoms with van der Waals surface area (Å²) in [5, 5.41) is 0. The molecule has 21 heavy (non-hydrogen) atoms. The van der Waals surface area contributed by atoms with Gasteiger partial charge in [-0.3, -0.25) is 0 Å². The van der Waals surface area contributed by atoms with E-state index in [9.17, 15) is 4.79 Å². The zero-order valence-corrected chi connectivity index (χ0v) is 14.6. The lowest BCUT2D eigenvalue weighted by Gasteiger charge is -2.39. The van der Waals surface area contributed by atoms with Crippen molar-refractivity contribution in [3.63, 3.8) is 0 Å². The number of rotatable bonds is 4. The predicted molar refractivity (Wildman–Crippen MR) is 87.6 cm³/mol. The van der Waals surface area contributed by atoms with E-state index in [2.05, 4.69) is 6.58 Å². The van der Waals surface area contributed by atoms with E-state index in [0.717, 1.165) is 35.5 Å². The number of hydrogen-bond donors (Lipinski definition) is 0. The SMILES string of the molecule is C=C(I)C(=O)OC(C)OC1CC2CC1C1C3CCC(C3)C21. The van der Waals surface area contributed by atoms with Crippen molar-refractivity contribution < 1.29 is 14.3 Å². The molecule has 4 heteroatoms. The number of esters is 1. The molecule has 0 saturated heterocycles. The van der Waals surface area contributed by atoms with Crippen LogP contribution in [0.1, 0.15) is 39.0 Å². The maximum Gasteiger partial charge on any atom is 0.346 e. The minimum atomic E-state index is -0.453. The Hall–Kier alpha value is -0.100. The molecule has 0 aromatic rings. The largest absolute Gasteiger partial charge is 0.432 e. The van der Waals surface area contributed by atoms with Crippen LogP contribution in [0, 0.1) is 35.5 Å². The summed E-state index contributed by atoms with van der Waals surface area (Å²) in [4.78, 5) is 11.6. The van der Waals surface area contributed by atoms with Gasteiger partial charge < -0.3 is 9.47 Å². The zero-order valence-electron chi connectivity index (χ0n) is 12.5. The molecule has 0 aromatic carbocycles. The highest BCUT2D eigenvalue weighted by Gasteiger charge is 2.62. The van der Waals surface area contributed by atoms with Crippen molar-refractivity contribution in [2.75, 3.05) is 0 Å². The van der Waals surface area contributed by atoms with Crippen molar-refractivity contribution in [1.29, 1.82) is 0 Å². The van der Waals surface area contributed by atoms with Crippen LogP contribution in [0.3, 0.4) is 0 Å². The Kier molecular flexibility index (Phi) is 3.60. The quantitative estimate of drug-likeness (QED) is 0.235. The molecule has 0 aliphatic heterocycles. The number of ether oxygens (including phenoxy) is 2. The van der Waals surface area contributed by atoms with E-state index >= 15 is 0 Å². The minimum absolute atomic E-state index is 0.306. The van der Waals surface area contributed by atoms with E-state index in [4.69, 9.17) is 9.47 Å². The van der Waals surface area contributed by atoms with Gasteiger partial charge in [0.25, 0.3) is 0 Å². The van der Waals surface area contributed by atoms with Crippen molar-refractivity contribution in [3.8, 4) is 0 Å². The Balaban J connectivity index is 1.38. The molecule has 0 aromatic heterocycles. The molecule has 4 fully saturated rings. The molecule has 0 radical (unpaired) electrons. The van der Waals surface area contributed by atoms with Gasteiger partial charge in [-0.25, -0.2) is 4.79 Å². The zero-order chi connectivity index (χ0) is 14.7. The number of hydrogen-bond acceptors (Lipinski definition) is 3. The van der Waals surface area contributed by atoms with Crippen LogP contribution in [0.5, 0.6) is 0 Å². The highest BCUT2D eigenvalue weighted by atomic mass is 127. The molecule has 8 atom stereocenters. The lowest BCUT2D eigenvalue weighted by molar-refractivity contribution is -0.189. The molecule has 4 rings (SSSR count). The first kappa shape index (κ1) is 14.5. The summed E-state index contributed by atoms with van der Waals surface area (Å²) >= 11 is 1.89. The average Bonchev–Trinajstić information content (AvgIpc) is 3.16. The first-order chi connectivity index (χ1) is 10.0. The molecular formula is C17H23IO3. The third kappa shape index (κ3) is 2.28. The van der Waals surface area contributed by atoms with Gasteiger partial charge in [-0.1, -0.05) is 6.58 Å². The van der Waals surface area contributed by atoms with Gasteiger partial charge in [-0.15, -0.1) is 0 Å². The topological polar surface area (TPSA) is 35.5 Å². The summed E-state index contributed by atoms with van der Waals surface area (Å²) in [5.41, 5.74) is 0. The van der Waals surface area contributed by atoms with E-state index in [-0.39, 0.29) is 5.97 Å². The summed E-state index contributed by atoms with van der Waals surface area (Å²) in [6.45, 7) is 5.44. The summed E-state index contributed by atoms with van der Waals surface area (Å²) in [6, 6.07) is 0. The normalized spacial score (nSPS) is 47.4. The van der Waals surface area contributed by atoms with E-state index in [1.54, 1.807) is 0 Å². The van der Waals surface area contributed by atoms with Crippen molar-refractivity contribution in [2.24, 2.45) is 35.5 Å². The number of carbonyl (C=O) groups excluding carboxylic acids is 1. The molecule has 0 spiro atoms. The highest BCUT2D eigenvalue weighted by molar-refractivity contribution is 14.1. The molecular weight excluding hydrogens is 379 g/mol. The fraction of sp³-hybridized carbons (Fsp3) is 0.824. The average molecular weight is 402 g/mol. The Morgan fingerprint density at radius 3 is 2.57 bits per heavy atom. The van der Waals surface area contributed by atoms with Gasteiger partial charge in [0.1, 0.15) is 0 Å². The van der Waals surface area contributed by atoms with Gasteiger partial charge in [0.05, 0.1) is 9.68 Å². The van der Waals surface area contributed by atoms with Gasteiger partial charge in [0.2, 0.25) is 6.29 Å². The predicted octanol–water partition coefficient (Wildman–Crippen LogP) is 3.91. The van der Waals surface area contributed by atoms with Crippen molar-refractivity contribution in [3.05, 3.63) is 10.2 Å². The monoisotopic (exact) mass is 402 g/mol. The van der Waals surface area contributed by atoms with E-state index in [1.807, 2.05) is 29.5 Å². The third-order valence-electron chi connectivity index (χ3n) is 6.53. The van der Waals surface area contributed by atoms with Crippen LogP contribution in [0.25, 0.3) is 0 Å². The Labute approximate surface area is 140 Å². The van der Waals surface area contributed by atoms with Gasteiger partial charge in [-0.05, 0) is 97.1 Å². The number of halogens is 1. The highest BCUT2D eigenvalue weighted by Crippen LogP contribution is 2.67. The second-order valence-electron chi connectivity index (χ2n) is 7.44. The summed E-state index contributed by atoms with van der Waals surface area (Å²) in [5.74, 6) is 5.14. The summed E-state index contributed by atoms with van der Waals surface area (Å²) < 4.78 is 11.8. The molecule has 4 aliphatic rings. The minimum Gasteiger partial charge on any atom is -0.432 e. The maximum absolute atomic E-state index is 11.6. The van der Waals surface area contributed by atoms with Crippen LogP contribution in [0.2, 0.25) is 0 Å². The molecule has 3 nitrogen and oxygen atoms in total. The van der Waals surface area contributed by atoms with Gasteiger partial charge in [0.15, 0.2) is 0 Å². The van der Waals surface area contributed by atoms with Crippen LogP contribution in [0.4, 0.5) is 0 Å². The molecule has 0 N–H and O–H groups in total. The van der Waals surface area contributed by atoms with Crippen LogP contribution >= 0.6 is 22.6 Å². The molecule has 4 aliphatic carbocycles. The molecule has 4 bridgehead atoms. The number of carbonyl (C=O) groups is 1. The molecule has 8 unspecified atom stereocenters. The molecule has 4 saturated carbocycles. The summed E-state index contributed by atoms with van der Waals surface area (Å²) in [7, 11) is 0. The van der Waals surface area contributed by atoms with Crippen LogP contribution in [-0.2, 0) is 14.3 Å². The number of fused-ring (bicyclic) bond motifs is 9. The first-order valence-corrected chi connectivity index (χ1v) is 9.33. The Morgan fingerprint density at radius 2 is 1.86 bits per heavy atom. The smallest absolute Gasteiger partial charge is 0.346 e. The fourth-order valence-corrected chi connectivity index (χ4v) is 6.28. The van der Waals surface area contributed by atoms with Crippen molar-refractivity contribution in [1.82, 2.24) is 0 Å². The van der Waals surface area contributed by atoms with E-state index in [0.29, 0.717) is 9.68 Å². The van der Waals surface area contributed by atoms with Crippen LogP contribution < -0.4 is 0 Å². The first-order valence-electron chi connectivity index (χ1n) is 8.25. The van der Waals surface area contributed by atoms with E-state index < -0.39 is 6.29 Å². The third-order valence-corrected chi connectivity index (χ3v) is 6.97. The summed E-state index contributed by atoms with van der Waals surface area (Å²) in [6.07, 6.45) is 6.79. The molecule has 0 amide bonds. The molecule has 0 heterocycles. The fourth-order valence-electron chi connectivity index (χ4n) is 6.15. The van der Waals surface area contributed by atoms with Gasteiger partial charge >= 0.3 is 5.97 Å². The lowest BCUT2D eigenvalue weighted by Crippen LogP contribution is -2.38. The molecule has 116 valence electrons.